The highest BCUT2D eigenvalue weighted by atomic mass is 79.9. The molecule has 0 aromatic heterocycles. The van der Waals surface area contributed by atoms with Crippen molar-refractivity contribution in [3.63, 3.8) is 0 Å². The smallest absolute Gasteiger partial charge is 0.262 e. The standard InChI is InChI=1S/C21H28BrN3O3/c1-15-5-7-17(8-6-15)25-21(26)14-28-20-12-18(22)16(11-19(20)27-3)13-24-10-4-9-23-2/h5-8,11-12,23-24H,4,9-10,13-14H2,1-3H3,(H,25,26). The molecule has 0 unspecified atom stereocenters. The molecule has 0 aliphatic rings. The van der Waals surface area contributed by atoms with Crippen LogP contribution in [0.4, 0.5) is 5.69 Å². The van der Waals surface area contributed by atoms with Crippen molar-refractivity contribution in [1.29, 1.82) is 0 Å². The fourth-order valence-electron chi connectivity index (χ4n) is 2.58. The maximum absolute atomic E-state index is 12.1. The molecule has 152 valence electrons. The fraction of sp³-hybridized carbons (Fsp3) is 0.381. The molecule has 2 aromatic carbocycles. The van der Waals surface area contributed by atoms with Crippen LogP contribution in [0.2, 0.25) is 0 Å². The van der Waals surface area contributed by atoms with Gasteiger partial charge in [0, 0.05) is 16.7 Å². The number of hydrogen-bond acceptors (Lipinski definition) is 5. The van der Waals surface area contributed by atoms with Crippen LogP contribution in [0.5, 0.6) is 11.5 Å². The summed E-state index contributed by atoms with van der Waals surface area (Å²) in [6, 6.07) is 11.4. The van der Waals surface area contributed by atoms with Crippen molar-refractivity contribution < 1.29 is 14.3 Å². The minimum Gasteiger partial charge on any atom is -0.493 e. The molecule has 0 radical (unpaired) electrons. The minimum absolute atomic E-state index is 0.0989. The molecule has 0 bridgehead atoms. The lowest BCUT2D eigenvalue weighted by Crippen LogP contribution is -2.21. The van der Waals surface area contributed by atoms with Crippen molar-refractivity contribution in [2.45, 2.75) is 19.9 Å². The van der Waals surface area contributed by atoms with E-state index in [2.05, 4.69) is 31.9 Å². The summed E-state index contributed by atoms with van der Waals surface area (Å²) in [5, 5.41) is 9.34. The van der Waals surface area contributed by atoms with Gasteiger partial charge < -0.3 is 25.4 Å². The number of amides is 1. The zero-order valence-corrected chi connectivity index (χ0v) is 18.2. The number of carbonyl (C=O) groups is 1. The highest BCUT2D eigenvalue weighted by Crippen LogP contribution is 2.33. The second-order valence-corrected chi connectivity index (χ2v) is 7.29. The van der Waals surface area contributed by atoms with Crippen molar-refractivity contribution in [3.05, 3.63) is 52.0 Å². The van der Waals surface area contributed by atoms with Gasteiger partial charge in [0.1, 0.15) is 0 Å². The first kappa shape index (κ1) is 22.2. The summed E-state index contributed by atoms with van der Waals surface area (Å²) in [4.78, 5) is 12.1. The topological polar surface area (TPSA) is 71.6 Å². The summed E-state index contributed by atoms with van der Waals surface area (Å²) in [5.74, 6) is 0.892. The second-order valence-electron chi connectivity index (χ2n) is 6.43. The fourth-order valence-corrected chi connectivity index (χ4v) is 3.04. The van der Waals surface area contributed by atoms with Crippen LogP contribution in [0.1, 0.15) is 17.5 Å². The highest BCUT2D eigenvalue weighted by molar-refractivity contribution is 9.10. The van der Waals surface area contributed by atoms with Gasteiger partial charge in [-0.2, -0.15) is 0 Å². The van der Waals surface area contributed by atoms with E-state index < -0.39 is 0 Å². The molecule has 0 spiro atoms. The summed E-state index contributed by atoms with van der Waals surface area (Å²) in [7, 11) is 3.54. The molecule has 1 amide bonds. The molecule has 0 aliphatic carbocycles. The van der Waals surface area contributed by atoms with Crippen LogP contribution in [-0.2, 0) is 11.3 Å². The van der Waals surface area contributed by atoms with E-state index in [0.29, 0.717) is 11.5 Å². The van der Waals surface area contributed by atoms with Gasteiger partial charge in [-0.3, -0.25) is 4.79 Å². The van der Waals surface area contributed by atoms with Crippen LogP contribution >= 0.6 is 15.9 Å². The Hall–Kier alpha value is -2.09. The van der Waals surface area contributed by atoms with E-state index in [-0.39, 0.29) is 12.5 Å². The minimum atomic E-state index is -0.225. The molecule has 0 atom stereocenters. The lowest BCUT2D eigenvalue weighted by Gasteiger charge is -2.14. The Morgan fingerprint density at radius 3 is 2.54 bits per heavy atom. The summed E-state index contributed by atoms with van der Waals surface area (Å²) in [6.07, 6.45) is 1.06. The highest BCUT2D eigenvalue weighted by Gasteiger charge is 2.12. The summed E-state index contributed by atoms with van der Waals surface area (Å²) < 4.78 is 12.0. The lowest BCUT2D eigenvalue weighted by molar-refractivity contribution is -0.118. The van der Waals surface area contributed by atoms with E-state index in [1.54, 1.807) is 7.11 Å². The molecule has 7 heteroatoms. The predicted molar refractivity (Wildman–Crippen MR) is 116 cm³/mol. The number of carbonyl (C=O) groups excluding carboxylic acids is 1. The van der Waals surface area contributed by atoms with E-state index in [0.717, 1.165) is 47.3 Å². The van der Waals surface area contributed by atoms with E-state index in [1.807, 2.05) is 50.4 Å². The molecule has 28 heavy (non-hydrogen) atoms. The van der Waals surface area contributed by atoms with Crippen LogP contribution in [0.3, 0.4) is 0 Å². The van der Waals surface area contributed by atoms with Gasteiger partial charge in [0.25, 0.3) is 5.91 Å². The molecular weight excluding hydrogens is 422 g/mol. The Morgan fingerprint density at radius 2 is 1.86 bits per heavy atom. The van der Waals surface area contributed by atoms with Crippen molar-refractivity contribution in [3.8, 4) is 11.5 Å². The van der Waals surface area contributed by atoms with Crippen molar-refractivity contribution in [2.75, 3.05) is 39.2 Å². The van der Waals surface area contributed by atoms with E-state index >= 15 is 0 Å². The maximum atomic E-state index is 12.1. The second kappa shape index (κ2) is 11.7. The predicted octanol–water partition coefficient (Wildman–Crippen LogP) is 3.48. The number of benzene rings is 2. The average Bonchev–Trinajstić information content (AvgIpc) is 2.69. The number of methoxy groups -OCH3 is 1. The zero-order valence-electron chi connectivity index (χ0n) is 16.6. The van der Waals surface area contributed by atoms with Crippen LogP contribution in [0.25, 0.3) is 0 Å². The van der Waals surface area contributed by atoms with Crippen LogP contribution < -0.4 is 25.4 Å². The number of ether oxygens (including phenoxy) is 2. The monoisotopic (exact) mass is 449 g/mol. The third-order valence-corrected chi connectivity index (χ3v) is 4.86. The molecule has 6 nitrogen and oxygen atoms in total. The number of nitrogens with one attached hydrogen (secondary N) is 3. The molecule has 2 rings (SSSR count). The first-order chi connectivity index (χ1) is 13.5. The number of rotatable bonds is 11. The molecule has 0 saturated heterocycles. The molecule has 2 aromatic rings. The molecule has 0 fully saturated rings. The Labute approximate surface area is 175 Å². The number of halogens is 1. The normalized spacial score (nSPS) is 10.6. The SMILES string of the molecule is CNCCCNCc1cc(OC)c(OCC(=O)Nc2ccc(C)cc2)cc1Br. The average molecular weight is 450 g/mol. The summed E-state index contributed by atoms with van der Waals surface area (Å²) >= 11 is 3.57. The third kappa shape index (κ3) is 7.14. The maximum Gasteiger partial charge on any atom is 0.262 e. The van der Waals surface area contributed by atoms with Crippen LogP contribution in [-0.4, -0.2) is 39.8 Å². The van der Waals surface area contributed by atoms with Gasteiger partial charge in [0.05, 0.1) is 7.11 Å². The van der Waals surface area contributed by atoms with Gasteiger partial charge in [-0.25, -0.2) is 0 Å². The molecule has 0 heterocycles. The van der Waals surface area contributed by atoms with Crippen molar-refractivity contribution in [1.82, 2.24) is 10.6 Å². The van der Waals surface area contributed by atoms with E-state index in [9.17, 15) is 4.79 Å². The lowest BCUT2D eigenvalue weighted by atomic mass is 10.2. The van der Waals surface area contributed by atoms with Gasteiger partial charge in [0.15, 0.2) is 18.1 Å². The van der Waals surface area contributed by atoms with Crippen molar-refractivity contribution >= 4 is 27.5 Å². The quantitative estimate of drug-likeness (QED) is 0.458. The number of anilines is 1. The third-order valence-electron chi connectivity index (χ3n) is 4.12. The largest absolute Gasteiger partial charge is 0.493 e. The van der Waals surface area contributed by atoms with E-state index in [1.165, 1.54) is 0 Å². The zero-order chi connectivity index (χ0) is 20.4. The Morgan fingerprint density at radius 1 is 1.11 bits per heavy atom. The van der Waals surface area contributed by atoms with Crippen LogP contribution in [0, 0.1) is 6.92 Å². The first-order valence-corrected chi connectivity index (χ1v) is 10.0. The molecule has 3 N–H and O–H groups in total. The summed E-state index contributed by atoms with van der Waals surface area (Å²) in [5.41, 5.74) is 2.95. The first-order valence-electron chi connectivity index (χ1n) is 9.24. The number of aryl methyl sites for hydroxylation is 1. The van der Waals surface area contributed by atoms with E-state index in [4.69, 9.17) is 9.47 Å². The summed E-state index contributed by atoms with van der Waals surface area (Å²) in [6.45, 7) is 4.52. The van der Waals surface area contributed by atoms with Gasteiger partial charge in [-0.1, -0.05) is 33.6 Å². The Bertz CT molecular complexity index is 766. The van der Waals surface area contributed by atoms with Gasteiger partial charge in [0.2, 0.25) is 0 Å². The van der Waals surface area contributed by atoms with Crippen LogP contribution in [0.15, 0.2) is 40.9 Å². The molecule has 0 saturated carbocycles. The Balaban J connectivity index is 1.92. The van der Waals surface area contributed by atoms with Gasteiger partial charge in [-0.15, -0.1) is 0 Å². The Kier molecular flexibility index (Phi) is 9.27. The molecular formula is C21H28BrN3O3. The molecule has 0 aliphatic heterocycles. The number of hydrogen-bond donors (Lipinski definition) is 3. The van der Waals surface area contributed by atoms with Gasteiger partial charge >= 0.3 is 0 Å². The van der Waals surface area contributed by atoms with Crippen molar-refractivity contribution in [2.24, 2.45) is 0 Å². The van der Waals surface area contributed by atoms with Gasteiger partial charge in [-0.05, 0) is 63.3 Å².